The Morgan fingerprint density at radius 1 is 1.32 bits per heavy atom. The van der Waals surface area contributed by atoms with Crippen molar-refractivity contribution in [1.29, 1.82) is 0 Å². The maximum atomic E-state index is 13.5. The predicted octanol–water partition coefficient (Wildman–Crippen LogP) is 1.96. The molecule has 1 aliphatic rings. The number of nitrogens with zero attached hydrogens (tertiary/aromatic N) is 1. The molecule has 1 aliphatic heterocycles. The van der Waals surface area contributed by atoms with Crippen molar-refractivity contribution in [2.45, 2.75) is 13.0 Å². The minimum Gasteiger partial charge on any atom is -0.336 e. The number of piperazine rings is 1. The summed E-state index contributed by atoms with van der Waals surface area (Å²) >= 11 is 0. The first kappa shape index (κ1) is 15.8. The molecule has 0 saturated carbocycles. The molecule has 0 spiro atoms. The molecule has 7 heteroatoms. The Labute approximate surface area is 115 Å². The highest BCUT2D eigenvalue weighted by Gasteiger charge is 2.26. The lowest BCUT2D eigenvalue weighted by Gasteiger charge is -2.32. The first-order valence-corrected chi connectivity index (χ1v) is 5.67. The topological polar surface area (TPSA) is 32.3 Å². The third-order valence-electron chi connectivity index (χ3n) is 2.92. The molecular weight excluding hydrogens is 281 g/mol. The molecule has 1 aromatic rings. The van der Waals surface area contributed by atoms with Crippen LogP contribution in [0.4, 0.5) is 13.2 Å². The zero-order chi connectivity index (χ0) is 13.3. The molecule has 1 fully saturated rings. The third kappa shape index (κ3) is 3.19. The van der Waals surface area contributed by atoms with Gasteiger partial charge in [-0.3, -0.25) is 4.79 Å². The van der Waals surface area contributed by atoms with E-state index in [1.165, 1.54) is 4.90 Å². The van der Waals surface area contributed by atoms with E-state index in [4.69, 9.17) is 0 Å². The van der Waals surface area contributed by atoms with Gasteiger partial charge in [-0.2, -0.15) is 0 Å². The van der Waals surface area contributed by atoms with E-state index in [1.807, 2.05) is 6.92 Å². The van der Waals surface area contributed by atoms with Crippen molar-refractivity contribution in [3.63, 3.8) is 0 Å². The monoisotopic (exact) mass is 294 g/mol. The lowest BCUT2D eigenvalue weighted by atomic mass is 10.1. The second kappa shape index (κ2) is 6.25. The number of benzene rings is 1. The van der Waals surface area contributed by atoms with E-state index in [9.17, 15) is 18.0 Å². The van der Waals surface area contributed by atoms with Gasteiger partial charge in [0.25, 0.3) is 5.91 Å². The zero-order valence-corrected chi connectivity index (χ0v) is 11.1. The third-order valence-corrected chi connectivity index (χ3v) is 2.92. The van der Waals surface area contributed by atoms with Crippen LogP contribution in [-0.4, -0.2) is 36.5 Å². The fourth-order valence-electron chi connectivity index (χ4n) is 1.98. The second-order valence-electron chi connectivity index (χ2n) is 4.33. The van der Waals surface area contributed by atoms with Gasteiger partial charge in [-0.25, -0.2) is 13.2 Å². The Morgan fingerprint density at radius 3 is 2.63 bits per heavy atom. The number of carbonyl (C=O) groups excluding carboxylic acids is 1. The summed E-state index contributed by atoms with van der Waals surface area (Å²) in [6.07, 6.45) is 0. The summed E-state index contributed by atoms with van der Waals surface area (Å²) in [5.74, 6) is -4.94. The van der Waals surface area contributed by atoms with Gasteiger partial charge in [0, 0.05) is 25.7 Å². The van der Waals surface area contributed by atoms with Crippen LogP contribution in [0.5, 0.6) is 0 Å². The maximum Gasteiger partial charge on any atom is 0.257 e. The van der Waals surface area contributed by atoms with E-state index in [0.29, 0.717) is 19.6 Å². The van der Waals surface area contributed by atoms with Crippen molar-refractivity contribution in [1.82, 2.24) is 10.2 Å². The smallest absolute Gasteiger partial charge is 0.257 e. The zero-order valence-electron chi connectivity index (χ0n) is 10.3. The van der Waals surface area contributed by atoms with E-state index < -0.39 is 28.9 Å². The summed E-state index contributed by atoms with van der Waals surface area (Å²) in [7, 11) is 0. The average Bonchev–Trinajstić information content (AvgIpc) is 2.35. The molecule has 0 aromatic heterocycles. The van der Waals surface area contributed by atoms with Gasteiger partial charge >= 0.3 is 0 Å². The first-order valence-electron chi connectivity index (χ1n) is 5.67. The molecule has 19 heavy (non-hydrogen) atoms. The minimum absolute atomic E-state index is 0. The average molecular weight is 295 g/mol. The Kier molecular flexibility index (Phi) is 5.20. The number of hydrogen-bond donors (Lipinski definition) is 1. The van der Waals surface area contributed by atoms with Crippen molar-refractivity contribution in [3.05, 3.63) is 35.1 Å². The summed E-state index contributed by atoms with van der Waals surface area (Å²) in [4.78, 5) is 13.4. The van der Waals surface area contributed by atoms with Gasteiger partial charge in [0.15, 0.2) is 17.5 Å². The number of hydrogen-bond acceptors (Lipinski definition) is 2. The Morgan fingerprint density at radius 2 is 2.00 bits per heavy atom. The van der Waals surface area contributed by atoms with E-state index in [-0.39, 0.29) is 18.4 Å². The number of rotatable bonds is 1. The molecule has 106 valence electrons. The molecule has 1 N–H and O–H groups in total. The number of nitrogens with one attached hydrogen (secondary N) is 1. The molecule has 1 aromatic carbocycles. The van der Waals surface area contributed by atoms with Crippen LogP contribution < -0.4 is 5.32 Å². The Balaban J connectivity index is 0.00000180. The van der Waals surface area contributed by atoms with Crippen molar-refractivity contribution in [2.24, 2.45) is 0 Å². The maximum absolute atomic E-state index is 13.5. The highest BCUT2D eigenvalue weighted by molar-refractivity contribution is 5.94. The molecule has 0 aliphatic carbocycles. The van der Waals surface area contributed by atoms with E-state index in [1.54, 1.807) is 0 Å². The van der Waals surface area contributed by atoms with E-state index in [2.05, 4.69) is 5.32 Å². The molecule has 2 rings (SSSR count). The van der Waals surface area contributed by atoms with Crippen molar-refractivity contribution in [2.75, 3.05) is 19.6 Å². The van der Waals surface area contributed by atoms with Gasteiger partial charge in [-0.1, -0.05) is 0 Å². The van der Waals surface area contributed by atoms with Gasteiger partial charge in [0.1, 0.15) is 0 Å². The minimum atomic E-state index is -1.61. The van der Waals surface area contributed by atoms with E-state index in [0.717, 1.165) is 12.1 Å². The SMILES string of the molecule is C[C@H]1CN(C(=O)c2ccc(F)c(F)c2F)CCN1.Cl. The number of halogens is 4. The Bertz CT molecular complexity index is 484. The molecule has 0 radical (unpaired) electrons. The van der Waals surface area contributed by atoms with Crippen LogP contribution in [0.15, 0.2) is 12.1 Å². The van der Waals surface area contributed by atoms with Crippen LogP contribution in [0.2, 0.25) is 0 Å². The second-order valence-corrected chi connectivity index (χ2v) is 4.33. The summed E-state index contributed by atoms with van der Waals surface area (Å²) in [5, 5.41) is 3.13. The van der Waals surface area contributed by atoms with Crippen LogP contribution in [0, 0.1) is 17.5 Å². The Hall–Kier alpha value is -1.27. The fraction of sp³-hybridized carbons (Fsp3) is 0.417. The fourth-order valence-corrected chi connectivity index (χ4v) is 1.98. The molecule has 1 atom stereocenters. The van der Waals surface area contributed by atoms with Gasteiger partial charge < -0.3 is 10.2 Å². The standard InChI is InChI=1S/C12H13F3N2O.ClH/c1-7-6-17(5-4-16-7)12(18)8-2-3-9(13)11(15)10(8)14;/h2-3,7,16H,4-6H2,1H3;1H/t7-;/m0./s1. The van der Waals surface area contributed by atoms with Gasteiger partial charge in [-0.05, 0) is 19.1 Å². The highest BCUT2D eigenvalue weighted by atomic mass is 35.5. The van der Waals surface area contributed by atoms with Gasteiger partial charge in [-0.15, -0.1) is 12.4 Å². The molecule has 3 nitrogen and oxygen atoms in total. The van der Waals surface area contributed by atoms with Crippen molar-refractivity contribution in [3.8, 4) is 0 Å². The van der Waals surface area contributed by atoms with Crippen LogP contribution in [0.3, 0.4) is 0 Å². The molecule has 1 heterocycles. The van der Waals surface area contributed by atoms with Crippen molar-refractivity contribution < 1.29 is 18.0 Å². The van der Waals surface area contributed by atoms with Crippen LogP contribution in [0.1, 0.15) is 17.3 Å². The van der Waals surface area contributed by atoms with E-state index >= 15 is 0 Å². The molecule has 1 saturated heterocycles. The molecule has 1 amide bonds. The number of amides is 1. The molecule has 0 bridgehead atoms. The molecule has 0 unspecified atom stereocenters. The van der Waals surface area contributed by atoms with Crippen LogP contribution >= 0.6 is 12.4 Å². The summed E-state index contributed by atoms with van der Waals surface area (Å²) in [6, 6.07) is 1.83. The first-order chi connectivity index (χ1) is 8.50. The summed E-state index contributed by atoms with van der Waals surface area (Å²) in [5.41, 5.74) is -0.428. The molecular formula is C12H14ClF3N2O. The van der Waals surface area contributed by atoms with Gasteiger partial charge in [0.05, 0.1) is 5.56 Å². The normalized spacial score (nSPS) is 18.9. The van der Waals surface area contributed by atoms with Crippen LogP contribution in [-0.2, 0) is 0 Å². The lowest BCUT2D eigenvalue weighted by molar-refractivity contribution is 0.0703. The van der Waals surface area contributed by atoms with Crippen molar-refractivity contribution >= 4 is 18.3 Å². The summed E-state index contributed by atoms with van der Waals surface area (Å²) < 4.78 is 39.3. The number of carbonyl (C=O) groups is 1. The predicted molar refractivity (Wildman–Crippen MR) is 66.9 cm³/mol. The summed E-state index contributed by atoms with van der Waals surface area (Å²) in [6.45, 7) is 3.32. The lowest BCUT2D eigenvalue weighted by Crippen LogP contribution is -2.51. The van der Waals surface area contributed by atoms with Gasteiger partial charge in [0.2, 0.25) is 0 Å². The quantitative estimate of drug-likeness (QED) is 0.803. The highest BCUT2D eigenvalue weighted by Crippen LogP contribution is 2.17. The van der Waals surface area contributed by atoms with Crippen LogP contribution in [0.25, 0.3) is 0 Å². The largest absolute Gasteiger partial charge is 0.336 e.